The lowest BCUT2D eigenvalue weighted by Crippen LogP contribution is -2.35. The predicted octanol–water partition coefficient (Wildman–Crippen LogP) is 3.17. The van der Waals surface area contributed by atoms with Crippen molar-refractivity contribution in [2.24, 2.45) is 0 Å². The van der Waals surface area contributed by atoms with Gasteiger partial charge in [-0.05, 0) is 44.9 Å². The Hall–Kier alpha value is -1.02. The summed E-state index contributed by atoms with van der Waals surface area (Å²) in [6.45, 7) is 5.61. The summed E-state index contributed by atoms with van der Waals surface area (Å²) in [5, 5.41) is 3.27. The zero-order valence-corrected chi connectivity index (χ0v) is 11.2. The van der Waals surface area contributed by atoms with Crippen LogP contribution in [0.5, 0.6) is 0 Å². The summed E-state index contributed by atoms with van der Waals surface area (Å²) in [7, 11) is 2.02. The van der Waals surface area contributed by atoms with Crippen molar-refractivity contribution < 1.29 is 0 Å². The van der Waals surface area contributed by atoms with Gasteiger partial charge in [-0.3, -0.25) is 0 Å². The molecule has 2 nitrogen and oxygen atoms in total. The standard InChI is InChI=1S/C15H24N2/c1-4-14-10-9-12(2)17(14)15-8-6-5-7-13(15)11-16-3/h5-8,12,14,16H,4,9-11H2,1-3H3. The molecule has 1 aliphatic heterocycles. The van der Waals surface area contributed by atoms with Crippen molar-refractivity contribution in [2.75, 3.05) is 11.9 Å². The molecule has 0 radical (unpaired) electrons. The second-order valence-corrected chi connectivity index (χ2v) is 5.05. The second-order valence-electron chi connectivity index (χ2n) is 5.05. The number of nitrogens with one attached hydrogen (secondary N) is 1. The average Bonchev–Trinajstić information content (AvgIpc) is 2.72. The number of hydrogen-bond acceptors (Lipinski definition) is 2. The zero-order valence-electron chi connectivity index (χ0n) is 11.2. The molecule has 17 heavy (non-hydrogen) atoms. The minimum atomic E-state index is 0.679. The molecule has 1 aromatic carbocycles. The van der Waals surface area contributed by atoms with E-state index in [-0.39, 0.29) is 0 Å². The fourth-order valence-electron chi connectivity index (χ4n) is 3.01. The molecule has 0 aliphatic carbocycles. The number of nitrogens with zero attached hydrogens (tertiary/aromatic N) is 1. The highest BCUT2D eigenvalue weighted by Gasteiger charge is 2.30. The van der Waals surface area contributed by atoms with E-state index >= 15 is 0 Å². The van der Waals surface area contributed by atoms with Gasteiger partial charge in [0.2, 0.25) is 0 Å². The van der Waals surface area contributed by atoms with Gasteiger partial charge in [0.05, 0.1) is 0 Å². The van der Waals surface area contributed by atoms with E-state index in [1.54, 1.807) is 0 Å². The molecule has 94 valence electrons. The van der Waals surface area contributed by atoms with Crippen molar-refractivity contribution in [3.05, 3.63) is 29.8 Å². The van der Waals surface area contributed by atoms with Crippen LogP contribution in [0.4, 0.5) is 5.69 Å². The van der Waals surface area contributed by atoms with E-state index in [9.17, 15) is 0 Å². The maximum Gasteiger partial charge on any atom is 0.0416 e. The molecule has 2 heteroatoms. The lowest BCUT2D eigenvalue weighted by Gasteiger charge is -2.32. The summed E-state index contributed by atoms with van der Waals surface area (Å²) in [5.74, 6) is 0. The van der Waals surface area contributed by atoms with E-state index in [0.29, 0.717) is 6.04 Å². The lowest BCUT2D eigenvalue weighted by atomic mass is 10.1. The van der Waals surface area contributed by atoms with Gasteiger partial charge in [0.1, 0.15) is 0 Å². The van der Waals surface area contributed by atoms with Crippen LogP contribution < -0.4 is 10.2 Å². The molecule has 2 atom stereocenters. The van der Waals surface area contributed by atoms with Crippen molar-refractivity contribution in [1.82, 2.24) is 5.32 Å². The fourth-order valence-corrected chi connectivity index (χ4v) is 3.01. The average molecular weight is 232 g/mol. The van der Waals surface area contributed by atoms with Gasteiger partial charge in [0, 0.05) is 24.3 Å². The highest BCUT2D eigenvalue weighted by atomic mass is 15.2. The molecule has 1 heterocycles. The summed E-state index contributed by atoms with van der Waals surface area (Å²) in [4.78, 5) is 2.63. The van der Waals surface area contributed by atoms with E-state index in [0.717, 1.165) is 12.6 Å². The smallest absolute Gasteiger partial charge is 0.0416 e. The highest BCUT2D eigenvalue weighted by molar-refractivity contribution is 5.56. The van der Waals surface area contributed by atoms with E-state index < -0.39 is 0 Å². The number of rotatable bonds is 4. The van der Waals surface area contributed by atoms with Crippen LogP contribution in [0.2, 0.25) is 0 Å². The molecule has 0 bridgehead atoms. The van der Waals surface area contributed by atoms with Gasteiger partial charge >= 0.3 is 0 Å². The highest BCUT2D eigenvalue weighted by Crippen LogP contribution is 2.33. The molecule has 0 spiro atoms. The Morgan fingerprint density at radius 1 is 1.29 bits per heavy atom. The third kappa shape index (κ3) is 2.47. The number of benzene rings is 1. The third-order valence-corrected chi connectivity index (χ3v) is 3.89. The van der Waals surface area contributed by atoms with E-state index in [4.69, 9.17) is 0 Å². The Bertz CT molecular complexity index is 362. The van der Waals surface area contributed by atoms with Crippen molar-refractivity contribution in [3.8, 4) is 0 Å². The van der Waals surface area contributed by atoms with Crippen LogP contribution in [-0.2, 0) is 6.54 Å². The molecule has 1 fully saturated rings. The summed E-state index contributed by atoms with van der Waals surface area (Å²) in [6.07, 6.45) is 3.91. The molecular weight excluding hydrogens is 208 g/mol. The molecule has 2 rings (SSSR count). The first-order chi connectivity index (χ1) is 8.27. The van der Waals surface area contributed by atoms with Gasteiger partial charge in [0.15, 0.2) is 0 Å². The monoisotopic (exact) mass is 232 g/mol. The van der Waals surface area contributed by atoms with Gasteiger partial charge in [-0.15, -0.1) is 0 Å². The molecule has 2 unspecified atom stereocenters. The normalized spacial score (nSPS) is 24.3. The van der Waals surface area contributed by atoms with Crippen molar-refractivity contribution in [2.45, 2.75) is 51.7 Å². The molecule has 1 aromatic rings. The number of hydrogen-bond donors (Lipinski definition) is 1. The Balaban J connectivity index is 2.31. The van der Waals surface area contributed by atoms with Crippen molar-refractivity contribution in [3.63, 3.8) is 0 Å². The molecule has 1 N–H and O–H groups in total. The second kappa shape index (κ2) is 5.54. The molecule has 1 saturated heterocycles. The first-order valence-electron chi connectivity index (χ1n) is 6.78. The first kappa shape index (κ1) is 12.4. The van der Waals surface area contributed by atoms with Crippen LogP contribution in [0.15, 0.2) is 24.3 Å². The number of anilines is 1. The van der Waals surface area contributed by atoms with Crippen LogP contribution in [0.25, 0.3) is 0 Å². The van der Waals surface area contributed by atoms with Gasteiger partial charge in [-0.2, -0.15) is 0 Å². The van der Waals surface area contributed by atoms with E-state index in [2.05, 4.69) is 48.3 Å². The van der Waals surface area contributed by atoms with Crippen molar-refractivity contribution >= 4 is 5.69 Å². The minimum absolute atomic E-state index is 0.679. The fraction of sp³-hybridized carbons (Fsp3) is 0.600. The van der Waals surface area contributed by atoms with E-state index in [1.165, 1.54) is 30.5 Å². The Morgan fingerprint density at radius 2 is 2.06 bits per heavy atom. The van der Waals surface area contributed by atoms with Crippen LogP contribution in [0, 0.1) is 0 Å². The van der Waals surface area contributed by atoms with Gasteiger partial charge in [-0.1, -0.05) is 25.1 Å². The van der Waals surface area contributed by atoms with Crippen LogP contribution >= 0.6 is 0 Å². The summed E-state index contributed by atoms with van der Waals surface area (Å²) >= 11 is 0. The topological polar surface area (TPSA) is 15.3 Å². The Labute approximate surface area is 105 Å². The minimum Gasteiger partial charge on any atom is -0.366 e. The summed E-state index contributed by atoms with van der Waals surface area (Å²) < 4.78 is 0. The van der Waals surface area contributed by atoms with E-state index in [1.807, 2.05) is 7.05 Å². The van der Waals surface area contributed by atoms with Crippen LogP contribution in [0.3, 0.4) is 0 Å². The quantitative estimate of drug-likeness (QED) is 0.857. The van der Waals surface area contributed by atoms with Gasteiger partial charge in [-0.25, -0.2) is 0 Å². The van der Waals surface area contributed by atoms with Crippen LogP contribution in [-0.4, -0.2) is 19.1 Å². The molecule has 1 aliphatic rings. The Morgan fingerprint density at radius 3 is 2.76 bits per heavy atom. The largest absolute Gasteiger partial charge is 0.366 e. The molecule has 0 aromatic heterocycles. The SMILES string of the molecule is CCC1CCC(C)N1c1ccccc1CNC. The molecule has 0 saturated carbocycles. The summed E-state index contributed by atoms with van der Waals surface area (Å²) in [6, 6.07) is 10.2. The lowest BCUT2D eigenvalue weighted by molar-refractivity contribution is 0.623. The maximum atomic E-state index is 3.27. The van der Waals surface area contributed by atoms with Gasteiger partial charge < -0.3 is 10.2 Å². The van der Waals surface area contributed by atoms with Gasteiger partial charge in [0.25, 0.3) is 0 Å². The molecule has 0 amide bonds. The number of para-hydroxylation sites is 1. The Kier molecular flexibility index (Phi) is 4.06. The predicted molar refractivity (Wildman–Crippen MR) is 74.5 cm³/mol. The van der Waals surface area contributed by atoms with Crippen LogP contribution in [0.1, 0.15) is 38.7 Å². The third-order valence-electron chi connectivity index (χ3n) is 3.89. The van der Waals surface area contributed by atoms with Crippen molar-refractivity contribution in [1.29, 1.82) is 0 Å². The first-order valence-corrected chi connectivity index (χ1v) is 6.78. The summed E-state index contributed by atoms with van der Waals surface area (Å²) in [5.41, 5.74) is 2.85. The molecular formula is C15H24N2. The maximum absolute atomic E-state index is 3.27. The zero-order chi connectivity index (χ0) is 12.3.